The summed E-state index contributed by atoms with van der Waals surface area (Å²) in [6.45, 7) is 6.48. The molecule has 0 bridgehead atoms. The molecule has 90 valence electrons. The van der Waals surface area contributed by atoms with Gasteiger partial charge in [-0.15, -0.1) is 16.7 Å². The topological polar surface area (TPSA) is 54.9 Å². The Morgan fingerprint density at radius 1 is 1.50 bits per heavy atom. The fourth-order valence-corrected chi connectivity index (χ4v) is 2.04. The molecule has 1 rings (SSSR count). The van der Waals surface area contributed by atoms with Crippen molar-refractivity contribution < 1.29 is 4.79 Å². The van der Waals surface area contributed by atoms with E-state index in [0.29, 0.717) is 11.4 Å². The molecule has 6 heteroatoms. The van der Waals surface area contributed by atoms with E-state index in [2.05, 4.69) is 14.9 Å². The van der Waals surface area contributed by atoms with Crippen molar-refractivity contribution >= 4 is 29.0 Å². The number of amides is 1. The Labute approximate surface area is 105 Å². The molecule has 1 heterocycles. The zero-order chi connectivity index (χ0) is 12.1. The van der Waals surface area contributed by atoms with E-state index in [1.807, 2.05) is 20.8 Å². The molecule has 0 saturated carbocycles. The highest BCUT2D eigenvalue weighted by Crippen LogP contribution is 2.19. The summed E-state index contributed by atoms with van der Waals surface area (Å²) < 4.78 is 3.81. The summed E-state index contributed by atoms with van der Waals surface area (Å²) in [4.78, 5) is 12.4. The van der Waals surface area contributed by atoms with Crippen LogP contribution in [0, 0.1) is 0 Å². The normalized spacial score (nSPS) is 12.8. The minimum atomic E-state index is -0.101. The van der Waals surface area contributed by atoms with Gasteiger partial charge in [0.1, 0.15) is 4.88 Å². The van der Waals surface area contributed by atoms with Crippen molar-refractivity contribution in [2.24, 2.45) is 0 Å². The molecule has 0 aromatic carbocycles. The summed E-state index contributed by atoms with van der Waals surface area (Å²) in [5.74, 6) is 0.113. The molecule has 0 aliphatic heterocycles. The molecule has 0 aliphatic rings. The van der Waals surface area contributed by atoms with Gasteiger partial charge in [-0.1, -0.05) is 18.3 Å². The fraction of sp³-hybridized carbons (Fsp3) is 0.700. The van der Waals surface area contributed by atoms with Gasteiger partial charge < -0.3 is 5.32 Å². The van der Waals surface area contributed by atoms with Crippen molar-refractivity contribution in [3.63, 3.8) is 0 Å². The lowest BCUT2D eigenvalue weighted by atomic mass is 10.1. The van der Waals surface area contributed by atoms with Crippen LogP contribution in [0.2, 0.25) is 0 Å². The monoisotopic (exact) mass is 261 g/mol. The number of hydrogen-bond acceptors (Lipinski definition) is 4. The van der Waals surface area contributed by atoms with Crippen molar-refractivity contribution in [3.8, 4) is 0 Å². The lowest BCUT2D eigenvalue weighted by Gasteiger charge is -2.06. The predicted molar refractivity (Wildman–Crippen MR) is 66.3 cm³/mol. The van der Waals surface area contributed by atoms with Crippen molar-refractivity contribution in [3.05, 3.63) is 10.6 Å². The number of carbonyl (C=O) groups is 1. The van der Waals surface area contributed by atoms with Crippen LogP contribution in [0.15, 0.2) is 0 Å². The molecule has 1 amide bonds. The van der Waals surface area contributed by atoms with Gasteiger partial charge in [-0.05, 0) is 30.8 Å². The number of carbonyl (C=O) groups excluding carboxylic acids is 1. The maximum Gasteiger partial charge on any atom is 0.264 e. The number of halogens is 1. The highest BCUT2D eigenvalue weighted by Gasteiger charge is 2.18. The van der Waals surface area contributed by atoms with Gasteiger partial charge in [0.05, 0.1) is 5.69 Å². The van der Waals surface area contributed by atoms with Crippen LogP contribution in [0.4, 0.5) is 0 Å². The Morgan fingerprint density at radius 2 is 2.19 bits per heavy atom. The lowest BCUT2D eigenvalue weighted by molar-refractivity contribution is 0.0956. The van der Waals surface area contributed by atoms with Crippen molar-refractivity contribution in [1.29, 1.82) is 0 Å². The molecule has 0 spiro atoms. The highest BCUT2D eigenvalue weighted by molar-refractivity contribution is 7.08. The van der Waals surface area contributed by atoms with Crippen LogP contribution in [-0.4, -0.2) is 27.4 Å². The second-order valence-electron chi connectivity index (χ2n) is 3.97. The number of hydrogen-bond donors (Lipinski definition) is 1. The van der Waals surface area contributed by atoms with Crippen molar-refractivity contribution in [2.75, 3.05) is 6.54 Å². The fourth-order valence-electron chi connectivity index (χ4n) is 1.20. The summed E-state index contributed by atoms with van der Waals surface area (Å²) in [7, 11) is 0. The molecule has 0 radical (unpaired) electrons. The highest BCUT2D eigenvalue weighted by atomic mass is 35.5. The van der Waals surface area contributed by atoms with Crippen LogP contribution in [0.25, 0.3) is 0 Å². The SMILES string of the molecule is CC(Cl)CCNC(=O)c1snnc1C(C)C. The van der Waals surface area contributed by atoms with Gasteiger partial charge in [0, 0.05) is 11.9 Å². The van der Waals surface area contributed by atoms with Gasteiger partial charge in [-0.3, -0.25) is 4.79 Å². The Kier molecular flexibility index (Phi) is 5.15. The van der Waals surface area contributed by atoms with Gasteiger partial charge >= 0.3 is 0 Å². The molecule has 4 nitrogen and oxygen atoms in total. The Balaban J connectivity index is 2.56. The van der Waals surface area contributed by atoms with E-state index in [4.69, 9.17) is 11.6 Å². The van der Waals surface area contributed by atoms with Crippen LogP contribution in [0.3, 0.4) is 0 Å². The second kappa shape index (κ2) is 6.15. The Bertz CT molecular complexity index is 352. The van der Waals surface area contributed by atoms with Gasteiger partial charge in [-0.25, -0.2) is 0 Å². The minimum absolute atomic E-state index is 0.0736. The standard InChI is InChI=1S/C10H16ClN3OS/c1-6(2)8-9(16-14-13-8)10(15)12-5-4-7(3)11/h6-7H,4-5H2,1-3H3,(H,12,15). The molecule has 0 saturated heterocycles. The van der Waals surface area contributed by atoms with Gasteiger partial charge in [0.15, 0.2) is 0 Å². The zero-order valence-electron chi connectivity index (χ0n) is 9.66. The summed E-state index contributed by atoms with van der Waals surface area (Å²) in [5, 5.41) is 6.85. The van der Waals surface area contributed by atoms with Gasteiger partial charge in [0.2, 0.25) is 0 Å². The quantitative estimate of drug-likeness (QED) is 0.828. The molecule has 1 N–H and O–H groups in total. The van der Waals surface area contributed by atoms with Crippen LogP contribution in [0.5, 0.6) is 0 Å². The van der Waals surface area contributed by atoms with Gasteiger partial charge in [0.25, 0.3) is 5.91 Å². The Hall–Kier alpha value is -0.680. The van der Waals surface area contributed by atoms with E-state index < -0.39 is 0 Å². The molecule has 16 heavy (non-hydrogen) atoms. The predicted octanol–water partition coefficient (Wildman–Crippen LogP) is 2.41. The molecule has 0 aliphatic carbocycles. The molecule has 0 fully saturated rings. The first-order valence-corrected chi connectivity index (χ1v) is 6.48. The first-order chi connectivity index (χ1) is 7.52. The molecule has 1 aromatic rings. The third-order valence-electron chi connectivity index (χ3n) is 2.09. The van der Waals surface area contributed by atoms with Crippen molar-refractivity contribution in [1.82, 2.24) is 14.9 Å². The number of nitrogens with zero attached hydrogens (tertiary/aromatic N) is 2. The number of alkyl halides is 1. The smallest absolute Gasteiger partial charge is 0.264 e. The molecule has 1 aromatic heterocycles. The first kappa shape index (κ1) is 13.4. The first-order valence-electron chi connectivity index (χ1n) is 5.27. The number of aromatic nitrogens is 2. The number of rotatable bonds is 5. The van der Waals surface area contributed by atoms with E-state index in [1.165, 1.54) is 0 Å². The largest absolute Gasteiger partial charge is 0.351 e. The van der Waals surface area contributed by atoms with E-state index in [-0.39, 0.29) is 17.2 Å². The molecule has 1 atom stereocenters. The summed E-state index contributed by atoms with van der Waals surface area (Å²) in [6, 6.07) is 0. The van der Waals surface area contributed by atoms with Gasteiger partial charge in [-0.2, -0.15) is 0 Å². The van der Waals surface area contributed by atoms with Crippen LogP contribution in [-0.2, 0) is 0 Å². The molecular formula is C10H16ClN3OS. The summed E-state index contributed by atoms with van der Waals surface area (Å²) in [5.41, 5.74) is 0.765. The average molecular weight is 262 g/mol. The maximum absolute atomic E-state index is 11.8. The van der Waals surface area contributed by atoms with Crippen LogP contribution < -0.4 is 5.32 Å². The van der Waals surface area contributed by atoms with Crippen LogP contribution >= 0.6 is 23.1 Å². The van der Waals surface area contributed by atoms with Crippen molar-refractivity contribution in [2.45, 2.75) is 38.5 Å². The average Bonchev–Trinajstić information content (AvgIpc) is 2.65. The Morgan fingerprint density at radius 3 is 2.75 bits per heavy atom. The molecular weight excluding hydrogens is 246 g/mol. The van der Waals surface area contributed by atoms with E-state index in [9.17, 15) is 4.79 Å². The second-order valence-corrected chi connectivity index (χ2v) is 5.47. The third-order valence-corrected chi connectivity index (χ3v) is 3.05. The lowest BCUT2D eigenvalue weighted by Crippen LogP contribution is -2.26. The van der Waals surface area contributed by atoms with E-state index in [1.54, 1.807) is 0 Å². The zero-order valence-corrected chi connectivity index (χ0v) is 11.2. The van der Waals surface area contributed by atoms with Crippen LogP contribution in [0.1, 0.15) is 48.5 Å². The summed E-state index contributed by atoms with van der Waals surface area (Å²) in [6.07, 6.45) is 0.760. The van der Waals surface area contributed by atoms with E-state index in [0.717, 1.165) is 23.6 Å². The molecule has 1 unspecified atom stereocenters. The minimum Gasteiger partial charge on any atom is -0.351 e. The maximum atomic E-state index is 11.8. The number of nitrogens with one attached hydrogen (secondary N) is 1. The van der Waals surface area contributed by atoms with E-state index >= 15 is 0 Å². The summed E-state index contributed by atoms with van der Waals surface area (Å²) >= 11 is 6.93. The third kappa shape index (κ3) is 3.72.